The molecule has 2 N–H and O–H groups in total. The van der Waals surface area contributed by atoms with Crippen molar-refractivity contribution in [3.63, 3.8) is 0 Å². The van der Waals surface area contributed by atoms with E-state index in [1.165, 1.54) is 0 Å². The van der Waals surface area contributed by atoms with Gasteiger partial charge in [0.2, 0.25) is 0 Å². The average molecular weight is 291 g/mol. The molecular formula is C14H21N5O2. The fourth-order valence-corrected chi connectivity index (χ4v) is 2.03. The van der Waals surface area contributed by atoms with Crippen LogP contribution < -0.4 is 15.2 Å². The molecule has 0 aliphatic heterocycles. The van der Waals surface area contributed by atoms with Crippen molar-refractivity contribution in [2.75, 3.05) is 13.2 Å². The molecule has 0 unspecified atom stereocenters. The molecule has 1 heterocycles. The first kappa shape index (κ1) is 15.2. The summed E-state index contributed by atoms with van der Waals surface area (Å²) in [7, 11) is 0. The second kappa shape index (κ2) is 7.58. The Balaban J connectivity index is 2.07. The van der Waals surface area contributed by atoms with Crippen LogP contribution >= 0.6 is 0 Å². The highest BCUT2D eigenvalue weighted by atomic mass is 16.5. The molecular weight excluding hydrogens is 270 g/mol. The van der Waals surface area contributed by atoms with Gasteiger partial charge in [-0.15, -0.1) is 5.10 Å². The van der Waals surface area contributed by atoms with E-state index in [9.17, 15) is 0 Å². The number of tetrazole rings is 1. The number of nitrogens with zero attached hydrogens (tertiary/aromatic N) is 4. The topological polar surface area (TPSA) is 88.1 Å². The van der Waals surface area contributed by atoms with Crippen molar-refractivity contribution < 1.29 is 9.47 Å². The van der Waals surface area contributed by atoms with Crippen LogP contribution in [-0.2, 0) is 19.5 Å². The van der Waals surface area contributed by atoms with Gasteiger partial charge in [-0.2, -0.15) is 0 Å². The van der Waals surface area contributed by atoms with Gasteiger partial charge in [-0.25, -0.2) is 4.68 Å². The van der Waals surface area contributed by atoms with Gasteiger partial charge in [-0.3, -0.25) is 0 Å². The van der Waals surface area contributed by atoms with Crippen LogP contribution in [0.3, 0.4) is 0 Å². The maximum absolute atomic E-state index is 5.62. The summed E-state index contributed by atoms with van der Waals surface area (Å²) in [6.07, 6.45) is 0.796. The molecule has 0 atom stereocenters. The number of benzene rings is 1. The largest absolute Gasteiger partial charge is 0.490 e. The van der Waals surface area contributed by atoms with Crippen molar-refractivity contribution in [2.24, 2.45) is 5.73 Å². The fraction of sp³-hybridized carbons (Fsp3) is 0.500. The van der Waals surface area contributed by atoms with Crippen LogP contribution in [0.2, 0.25) is 0 Å². The zero-order chi connectivity index (χ0) is 15.1. The molecule has 0 aliphatic rings. The minimum Gasteiger partial charge on any atom is -0.490 e. The number of rotatable bonds is 8. The third-order valence-corrected chi connectivity index (χ3v) is 3.01. The van der Waals surface area contributed by atoms with E-state index in [1.54, 1.807) is 4.68 Å². The normalized spacial score (nSPS) is 10.6. The zero-order valence-corrected chi connectivity index (χ0v) is 12.5. The Kier molecular flexibility index (Phi) is 5.51. The second-order valence-corrected chi connectivity index (χ2v) is 4.42. The van der Waals surface area contributed by atoms with Gasteiger partial charge in [0.25, 0.3) is 0 Å². The Morgan fingerprint density at radius 2 is 1.90 bits per heavy atom. The predicted octanol–water partition coefficient (Wildman–Crippen LogP) is 1.17. The van der Waals surface area contributed by atoms with Crippen LogP contribution in [0.1, 0.15) is 25.2 Å². The smallest absolute Gasteiger partial charge is 0.164 e. The highest BCUT2D eigenvalue weighted by molar-refractivity contribution is 5.43. The van der Waals surface area contributed by atoms with Crippen molar-refractivity contribution in [2.45, 2.75) is 33.4 Å². The number of hydrogen-bond acceptors (Lipinski definition) is 6. The number of aromatic nitrogens is 4. The molecule has 7 heteroatoms. The molecule has 0 spiro atoms. The molecule has 0 fully saturated rings. The number of ether oxygens (including phenoxy) is 2. The maximum atomic E-state index is 5.62. The van der Waals surface area contributed by atoms with E-state index in [0.717, 1.165) is 23.5 Å². The first-order valence-corrected chi connectivity index (χ1v) is 7.12. The van der Waals surface area contributed by atoms with Crippen molar-refractivity contribution in [1.29, 1.82) is 0 Å². The van der Waals surface area contributed by atoms with E-state index in [1.807, 2.05) is 32.0 Å². The molecule has 0 saturated heterocycles. The molecule has 0 amide bonds. The van der Waals surface area contributed by atoms with E-state index >= 15 is 0 Å². The Labute approximate surface area is 124 Å². The van der Waals surface area contributed by atoms with E-state index < -0.39 is 0 Å². The lowest BCUT2D eigenvalue weighted by Crippen LogP contribution is -2.11. The van der Waals surface area contributed by atoms with Gasteiger partial charge < -0.3 is 15.2 Å². The van der Waals surface area contributed by atoms with Crippen molar-refractivity contribution >= 4 is 0 Å². The van der Waals surface area contributed by atoms with Crippen molar-refractivity contribution in [1.82, 2.24) is 20.2 Å². The summed E-state index contributed by atoms with van der Waals surface area (Å²) in [5, 5.41) is 11.4. The lowest BCUT2D eigenvalue weighted by Gasteiger charge is -2.12. The standard InChI is InChI=1S/C14H21N5O2/c1-3-20-12-6-5-11(9-13(12)21-4-2)7-8-19-14(10-15)16-17-18-19/h5-6,9H,3-4,7-8,10,15H2,1-2H3. The van der Waals surface area contributed by atoms with Crippen LogP contribution in [0.5, 0.6) is 11.5 Å². The van der Waals surface area contributed by atoms with Crippen LogP contribution in [0, 0.1) is 0 Å². The molecule has 0 radical (unpaired) electrons. The number of hydrogen-bond donors (Lipinski definition) is 1. The summed E-state index contributed by atoms with van der Waals surface area (Å²) >= 11 is 0. The maximum Gasteiger partial charge on any atom is 0.164 e. The van der Waals surface area contributed by atoms with Gasteiger partial charge in [-0.05, 0) is 48.4 Å². The molecule has 0 bridgehead atoms. The SMILES string of the molecule is CCOc1ccc(CCn2nnnc2CN)cc1OCC. The van der Waals surface area contributed by atoms with Gasteiger partial charge in [0.15, 0.2) is 17.3 Å². The van der Waals surface area contributed by atoms with E-state index in [-0.39, 0.29) is 0 Å². The molecule has 1 aromatic heterocycles. The van der Waals surface area contributed by atoms with Crippen molar-refractivity contribution in [3.05, 3.63) is 29.6 Å². The molecule has 0 aliphatic carbocycles. The number of aryl methyl sites for hydroxylation is 2. The average Bonchev–Trinajstić information content (AvgIpc) is 2.95. The lowest BCUT2D eigenvalue weighted by molar-refractivity contribution is 0.287. The van der Waals surface area contributed by atoms with Crippen LogP contribution in [0.15, 0.2) is 18.2 Å². The first-order chi connectivity index (χ1) is 10.3. The third kappa shape index (κ3) is 3.91. The Morgan fingerprint density at radius 3 is 2.62 bits per heavy atom. The molecule has 2 aromatic rings. The molecule has 7 nitrogen and oxygen atoms in total. The summed E-state index contributed by atoms with van der Waals surface area (Å²) in [5.74, 6) is 2.23. The molecule has 21 heavy (non-hydrogen) atoms. The fourth-order valence-electron chi connectivity index (χ4n) is 2.03. The van der Waals surface area contributed by atoms with E-state index in [0.29, 0.717) is 32.1 Å². The quantitative estimate of drug-likeness (QED) is 0.785. The van der Waals surface area contributed by atoms with Crippen LogP contribution in [-0.4, -0.2) is 33.4 Å². The van der Waals surface area contributed by atoms with Gasteiger partial charge in [0.1, 0.15) is 0 Å². The minimum absolute atomic E-state index is 0.334. The van der Waals surface area contributed by atoms with Gasteiger partial charge in [0, 0.05) is 6.54 Å². The van der Waals surface area contributed by atoms with Crippen molar-refractivity contribution in [3.8, 4) is 11.5 Å². The van der Waals surface area contributed by atoms with Crippen LogP contribution in [0.25, 0.3) is 0 Å². The van der Waals surface area contributed by atoms with Gasteiger partial charge in [-0.1, -0.05) is 6.07 Å². The second-order valence-electron chi connectivity index (χ2n) is 4.42. The van der Waals surface area contributed by atoms with Gasteiger partial charge >= 0.3 is 0 Å². The Bertz CT molecular complexity index is 570. The Morgan fingerprint density at radius 1 is 1.14 bits per heavy atom. The zero-order valence-electron chi connectivity index (χ0n) is 12.5. The van der Waals surface area contributed by atoms with Gasteiger partial charge in [0.05, 0.1) is 19.8 Å². The summed E-state index contributed by atoms with van der Waals surface area (Å²) in [5.41, 5.74) is 6.72. The highest BCUT2D eigenvalue weighted by Gasteiger charge is 2.08. The molecule has 0 saturated carbocycles. The molecule has 1 aromatic carbocycles. The summed E-state index contributed by atoms with van der Waals surface area (Å²) in [6, 6.07) is 5.97. The predicted molar refractivity (Wildman–Crippen MR) is 78.2 cm³/mol. The number of nitrogens with two attached hydrogens (primary N) is 1. The molecule has 2 rings (SSSR count). The van der Waals surface area contributed by atoms with E-state index in [2.05, 4.69) is 15.5 Å². The lowest BCUT2D eigenvalue weighted by atomic mass is 10.1. The summed E-state index contributed by atoms with van der Waals surface area (Å²) in [6.45, 7) is 6.14. The minimum atomic E-state index is 0.334. The Hall–Kier alpha value is -2.15. The summed E-state index contributed by atoms with van der Waals surface area (Å²) < 4.78 is 12.9. The molecule has 114 valence electrons. The monoisotopic (exact) mass is 291 g/mol. The third-order valence-electron chi connectivity index (χ3n) is 3.01. The highest BCUT2D eigenvalue weighted by Crippen LogP contribution is 2.28. The first-order valence-electron chi connectivity index (χ1n) is 7.12. The van der Waals surface area contributed by atoms with E-state index in [4.69, 9.17) is 15.2 Å². The van der Waals surface area contributed by atoms with Crippen LogP contribution in [0.4, 0.5) is 0 Å². The summed E-state index contributed by atoms with van der Waals surface area (Å²) in [4.78, 5) is 0.